The van der Waals surface area contributed by atoms with Gasteiger partial charge in [0.25, 0.3) is 0 Å². The van der Waals surface area contributed by atoms with Crippen molar-refractivity contribution >= 4 is 17.5 Å². The molecule has 5 nitrogen and oxygen atoms in total. The van der Waals surface area contributed by atoms with Gasteiger partial charge in [-0.05, 0) is 44.4 Å². The standard InChI is InChI=1S/C20H30F2O5/c1-2-12-20(21,22)18(25)10-7-9-15-14(16(23)13-17(15)24)8-5-3-4-6-11-19(26)27/h3,5,14-15,17,24H,2,4,6-13H2,1H3,(H,26,27)/b5-3-/t14-,15-,17-/m1/s1. The van der Waals surface area contributed by atoms with Gasteiger partial charge in [0.1, 0.15) is 5.78 Å². The van der Waals surface area contributed by atoms with Crippen LogP contribution in [-0.4, -0.2) is 39.8 Å². The van der Waals surface area contributed by atoms with E-state index >= 15 is 0 Å². The summed E-state index contributed by atoms with van der Waals surface area (Å²) < 4.78 is 27.1. The predicted molar refractivity (Wildman–Crippen MR) is 96.6 cm³/mol. The van der Waals surface area contributed by atoms with Crippen LogP contribution in [0.15, 0.2) is 12.2 Å². The summed E-state index contributed by atoms with van der Waals surface area (Å²) in [6.45, 7) is 1.60. The number of halogens is 2. The number of allylic oxidation sites excluding steroid dienone is 2. The van der Waals surface area contributed by atoms with E-state index < -0.39 is 30.2 Å². The number of alkyl halides is 2. The van der Waals surface area contributed by atoms with Crippen molar-refractivity contribution in [2.45, 2.75) is 83.2 Å². The van der Waals surface area contributed by atoms with Gasteiger partial charge < -0.3 is 10.2 Å². The van der Waals surface area contributed by atoms with Crippen LogP contribution in [0.4, 0.5) is 8.78 Å². The number of hydrogen-bond donors (Lipinski definition) is 2. The first kappa shape index (κ1) is 23.4. The lowest BCUT2D eigenvalue weighted by molar-refractivity contribution is -0.144. The molecule has 0 heterocycles. The minimum atomic E-state index is -3.29. The Labute approximate surface area is 158 Å². The summed E-state index contributed by atoms with van der Waals surface area (Å²) in [5, 5.41) is 18.7. The van der Waals surface area contributed by atoms with E-state index in [4.69, 9.17) is 5.11 Å². The summed E-state index contributed by atoms with van der Waals surface area (Å²) in [4.78, 5) is 34.2. The van der Waals surface area contributed by atoms with Gasteiger partial charge >= 0.3 is 11.9 Å². The van der Waals surface area contributed by atoms with E-state index in [-0.39, 0.29) is 49.7 Å². The molecule has 1 fully saturated rings. The first-order valence-corrected chi connectivity index (χ1v) is 9.67. The SMILES string of the molecule is CCCC(F)(F)C(=O)CCC[C@H]1[C@H](O)CC(=O)[C@@H]1C/C=C\CCCC(=O)O. The zero-order valence-electron chi connectivity index (χ0n) is 15.8. The third-order valence-electron chi connectivity index (χ3n) is 5.07. The van der Waals surface area contributed by atoms with Crippen LogP contribution < -0.4 is 0 Å². The number of unbranched alkanes of at least 4 members (excludes halogenated alkanes) is 1. The van der Waals surface area contributed by atoms with Crippen LogP contribution in [0.5, 0.6) is 0 Å². The molecule has 0 bridgehead atoms. The smallest absolute Gasteiger partial charge is 0.305 e. The van der Waals surface area contributed by atoms with Crippen molar-refractivity contribution in [2.75, 3.05) is 0 Å². The largest absolute Gasteiger partial charge is 0.481 e. The number of aliphatic carboxylic acids is 1. The lowest BCUT2D eigenvalue weighted by atomic mass is 9.86. The molecule has 0 spiro atoms. The van der Waals surface area contributed by atoms with Crippen molar-refractivity contribution in [3.63, 3.8) is 0 Å². The van der Waals surface area contributed by atoms with Gasteiger partial charge in [-0.2, -0.15) is 8.78 Å². The van der Waals surface area contributed by atoms with Crippen LogP contribution in [-0.2, 0) is 14.4 Å². The maximum absolute atomic E-state index is 13.6. The highest BCUT2D eigenvalue weighted by Crippen LogP contribution is 2.36. The van der Waals surface area contributed by atoms with Crippen molar-refractivity contribution in [3.05, 3.63) is 12.2 Å². The Bertz CT molecular complexity index is 544. The average molecular weight is 388 g/mol. The average Bonchev–Trinajstić information content (AvgIpc) is 2.84. The van der Waals surface area contributed by atoms with Gasteiger partial charge in [-0.15, -0.1) is 0 Å². The topological polar surface area (TPSA) is 91.7 Å². The minimum absolute atomic E-state index is 0.0506. The molecule has 1 saturated carbocycles. The molecular formula is C20H30F2O5. The Hall–Kier alpha value is -1.63. The highest BCUT2D eigenvalue weighted by molar-refractivity contribution is 5.85. The number of Topliss-reactive ketones (excluding diaryl/α,β-unsaturated/α-hetero) is 2. The Morgan fingerprint density at radius 2 is 1.93 bits per heavy atom. The normalized spacial score (nSPS) is 23.3. The van der Waals surface area contributed by atoms with E-state index in [1.54, 1.807) is 6.92 Å². The number of ketones is 2. The molecule has 1 rings (SSSR count). The van der Waals surface area contributed by atoms with Gasteiger partial charge in [0.15, 0.2) is 0 Å². The highest BCUT2D eigenvalue weighted by atomic mass is 19.3. The Kier molecular flexibility index (Phi) is 9.77. The molecule has 0 unspecified atom stereocenters. The molecule has 154 valence electrons. The second-order valence-electron chi connectivity index (χ2n) is 7.27. The van der Waals surface area contributed by atoms with Crippen LogP contribution in [0, 0.1) is 11.8 Å². The van der Waals surface area contributed by atoms with Gasteiger partial charge in [0, 0.05) is 31.6 Å². The third-order valence-corrected chi connectivity index (χ3v) is 5.07. The number of rotatable bonds is 13. The maximum atomic E-state index is 13.6. The van der Waals surface area contributed by atoms with Crippen LogP contribution in [0.3, 0.4) is 0 Å². The van der Waals surface area contributed by atoms with E-state index in [0.717, 1.165) is 0 Å². The minimum Gasteiger partial charge on any atom is -0.481 e. The molecule has 0 aromatic carbocycles. The number of carboxylic acid groups (broad SMARTS) is 1. The zero-order valence-corrected chi connectivity index (χ0v) is 15.8. The van der Waals surface area contributed by atoms with E-state index in [0.29, 0.717) is 25.7 Å². The summed E-state index contributed by atoms with van der Waals surface area (Å²) in [7, 11) is 0. The summed E-state index contributed by atoms with van der Waals surface area (Å²) in [5.41, 5.74) is 0. The first-order valence-electron chi connectivity index (χ1n) is 9.67. The van der Waals surface area contributed by atoms with Gasteiger partial charge in [0.05, 0.1) is 6.10 Å². The molecule has 27 heavy (non-hydrogen) atoms. The van der Waals surface area contributed by atoms with E-state index in [1.807, 2.05) is 12.2 Å². The quantitative estimate of drug-likeness (QED) is 0.368. The molecule has 0 aromatic heterocycles. The van der Waals surface area contributed by atoms with Crippen molar-refractivity contribution in [1.82, 2.24) is 0 Å². The number of hydrogen-bond acceptors (Lipinski definition) is 4. The van der Waals surface area contributed by atoms with Gasteiger partial charge in [-0.1, -0.05) is 19.1 Å². The van der Waals surface area contributed by atoms with Crippen molar-refractivity contribution in [3.8, 4) is 0 Å². The fraction of sp³-hybridized carbons (Fsp3) is 0.750. The molecule has 2 N–H and O–H groups in total. The number of aliphatic hydroxyl groups is 1. The Morgan fingerprint density at radius 3 is 2.56 bits per heavy atom. The van der Waals surface area contributed by atoms with Crippen LogP contribution in [0.25, 0.3) is 0 Å². The van der Waals surface area contributed by atoms with Gasteiger partial charge in [-0.25, -0.2) is 0 Å². The Balaban J connectivity index is 2.47. The molecule has 7 heteroatoms. The number of carbonyl (C=O) groups excluding carboxylic acids is 2. The fourth-order valence-corrected chi connectivity index (χ4v) is 3.58. The third kappa shape index (κ3) is 7.87. The molecule has 0 aliphatic heterocycles. The fourth-order valence-electron chi connectivity index (χ4n) is 3.58. The van der Waals surface area contributed by atoms with Crippen molar-refractivity contribution in [2.24, 2.45) is 11.8 Å². The van der Waals surface area contributed by atoms with Crippen LogP contribution in [0.1, 0.15) is 71.1 Å². The van der Waals surface area contributed by atoms with E-state index in [1.165, 1.54) is 0 Å². The second-order valence-corrected chi connectivity index (χ2v) is 7.27. The molecule has 3 atom stereocenters. The first-order chi connectivity index (χ1) is 12.7. The van der Waals surface area contributed by atoms with Crippen LogP contribution in [0.2, 0.25) is 0 Å². The molecule has 1 aliphatic carbocycles. The molecule has 1 aliphatic rings. The molecule has 0 saturated heterocycles. The number of carbonyl (C=O) groups is 3. The zero-order chi connectivity index (χ0) is 20.4. The van der Waals surface area contributed by atoms with Crippen molar-refractivity contribution < 1.29 is 33.4 Å². The summed E-state index contributed by atoms with van der Waals surface area (Å²) >= 11 is 0. The van der Waals surface area contributed by atoms with E-state index in [9.17, 15) is 28.3 Å². The Morgan fingerprint density at radius 1 is 1.22 bits per heavy atom. The molecule has 0 radical (unpaired) electrons. The lowest BCUT2D eigenvalue weighted by Crippen LogP contribution is -2.28. The maximum Gasteiger partial charge on any atom is 0.305 e. The highest BCUT2D eigenvalue weighted by Gasteiger charge is 2.41. The number of aliphatic hydroxyl groups excluding tert-OH is 1. The molecule has 0 amide bonds. The monoisotopic (exact) mass is 388 g/mol. The molecule has 0 aromatic rings. The second kappa shape index (κ2) is 11.3. The summed E-state index contributed by atoms with van der Waals surface area (Å²) in [6.07, 6.45) is 4.66. The summed E-state index contributed by atoms with van der Waals surface area (Å²) in [5.74, 6) is -5.97. The van der Waals surface area contributed by atoms with Gasteiger partial charge in [-0.3, -0.25) is 14.4 Å². The molecular weight excluding hydrogens is 358 g/mol. The summed E-state index contributed by atoms with van der Waals surface area (Å²) in [6, 6.07) is 0. The van der Waals surface area contributed by atoms with E-state index in [2.05, 4.69) is 0 Å². The van der Waals surface area contributed by atoms with Gasteiger partial charge in [0.2, 0.25) is 5.78 Å². The lowest BCUT2D eigenvalue weighted by Gasteiger charge is -2.20. The van der Waals surface area contributed by atoms with Crippen molar-refractivity contribution in [1.29, 1.82) is 0 Å². The van der Waals surface area contributed by atoms with Crippen LogP contribution >= 0.6 is 0 Å². The predicted octanol–water partition coefficient (Wildman–Crippen LogP) is 3.93. The number of carboxylic acids is 1.